The number of rotatable bonds is 1. The monoisotopic (exact) mass is 628 g/mol. The van der Waals surface area contributed by atoms with Crippen molar-refractivity contribution in [3.63, 3.8) is 0 Å². The third kappa shape index (κ3) is 6.65. The summed E-state index contributed by atoms with van der Waals surface area (Å²) < 4.78 is 0. The van der Waals surface area contributed by atoms with Gasteiger partial charge in [-0.15, -0.1) is 40.1 Å². The van der Waals surface area contributed by atoms with Gasteiger partial charge in [-0.1, -0.05) is 96.2 Å². The largest absolute Gasteiger partial charge is 0.184 e. The Kier molecular flexibility index (Phi) is 9.64. The predicted octanol–water partition coefficient (Wildman–Crippen LogP) is 8.95. The first kappa shape index (κ1) is 29.2. The van der Waals surface area contributed by atoms with Crippen LogP contribution in [0.2, 0.25) is 0 Å². The molecule has 6 rings (SSSR count). The molecule has 2 radical (unpaired) electrons. The van der Waals surface area contributed by atoms with Crippen LogP contribution in [0.25, 0.3) is 33.0 Å². The summed E-state index contributed by atoms with van der Waals surface area (Å²) in [6.07, 6.45) is 0. The van der Waals surface area contributed by atoms with Gasteiger partial charge in [0.15, 0.2) is 0 Å². The first-order chi connectivity index (χ1) is 18.1. The van der Waals surface area contributed by atoms with Gasteiger partial charge in [0.1, 0.15) is 0 Å². The first-order valence-corrected chi connectivity index (χ1v) is 20.1. The summed E-state index contributed by atoms with van der Waals surface area (Å²) in [4.78, 5) is 0. The second-order valence-corrected chi connectivity index (χ2v) is 15.9. The van der Waals surface area contributed by atoms with E-state index in [-0.39, 0.29) is 5.41 Å². The Morgan fingerprint density at radius 1 is 0.816 bits per heavy atom. The molecule has 0 unspecified atom stereocenters. The maximum Gasteiger partial charge on any atom is 0.0920 e. The van der Waals surface area contributed by atoms with E-state index in [9.17, 15) is 0 Å². The molecule has 5 aromatic carbocycles. The second kappa shape index (κ2) is 12.6. The van der Waals surface area contributed by atoms with Gasteiger partial charge >= 0.3 is 37.9 Å². The number of benzene rings is 4. The predicted molar refractivity (Wildman–Crippen MR) is 165 cm³/mol. The minimum Gasteiger partial charge on any atom is -0.184 e. The standard InChI is InChI=1S/C22H25.C12H7Si.2ClH.Zr/c1-14-9-15(2)11-18(10-14)21-16(3)7-8-17-12-19(13-20(17)21)22(4,5)6;1-3-7-11-9(5-1)10-6-2-4-8-12(10)13-11;;;/h7-13H,1-6H3;1-7H;2*1H;/q2*-1;;;+4/p-2. The van der Waals surface area contributed by atoms with Crippen molar-refractivity contribution in [3.8, 4) is 22.3 Å². The molecule has 190 valence electrons. The van der Waals surface area contributed by atoms with E-state index in [1.807, 2.05) is 6.07 Å². The van der Waals surface area contributed by atoms with E-state index >= 15 is 0 Å². The van der Waals surface area contributed by atoms with Gasteiger partial charge in [-0.3, -0.25) is 0 Å². The average molecular weight is 631 g/mol. The summed E-state index contributed by atoms with van der Waals surface area (Å²) in [5.74, 6) is 0. The molecule has 1 aliphatic rings. The Morgan fingerprint density at radius 2 is 1.47 bits per heavy atom. The smallest absolute Gasteiger partial charge is 0.0920 e. The van der Waals surface area contributed by atoms with Crippen molar-refractivity contribution in [2.45, 2.75) is 47.0 Å². The van der Waals surface area contributed by atoms with E-state index in [2.05, 4.69) is 126 Å². The van der Waals surface area contributed by atoms with Crippen LogP contribution in [0, 0.1) is 26.8 Å². The van der Waals surface area contributed by atoms with E-state index in [0.717, 1.165) is 9.52 Å². The van der Waals surface area contributed by atoms with Crippen LogP contribution in [0.15, 0.2) is 84.9 Å². The number of hydrogen-bond donors (Lipinski definition) is 0. The van der Waals surface area contributed by atoms with E-state index in [1.54, 1.807) is 0 Å². The SMILES string of the molecule is Cc1cc(C)cc(-c2c(C)ccc3[cH-]c(C(C)(C)C)cc23)c1.[Cl][Zr+2][Cl].[c-]1cccc2c1[Si]c1ccccc1-2. The Bertz CT molecular complexity index is 1500. The van der Waals surface area contributed by atoms with Gasteiger partial charge in [-0.25, -0.2) is 0 Å². The quantitative estimate of drug-likeness (QED) is 0.126. The molecule has 0 spiro atoms. The van der Waals surface area contributed by atoms with Gasteiger partial charge in [0, 0.05) is 0 Å². The Morgan fingerprint density at radius 3 is 2.16 bits per heavy atom. The molecule has 38 heavy (non-hydrogen) atoms. The van der Waals surface area contributed by atoms with Crippen molar-refractivity contribution in [1.29, 1.82) is 0 Å². The summed E-state index contributed by atoms with van der Waals surface area (Å²) >= 11 is -0.826. The van der Waals surface area contributed by atoms with Crippen molar-refractivity contribution >= 4 is 47.7 Å². The maximum atomic E-state index is 4.93. The number of aryl methyl sites for hydroxylation is 3. The summed E-state index contributed by atoms with van der Waals surface area (Å²) in [5, 5.41) is 5.56. The Balaban J connectivity index is 0.000000177. The molecule has 0 aliphatic carbocycles. The maximum absolute atomic E-state index is 4.93. The molecule has 0 saturated carbocycles. The van der Waals surface area contributed by atoms with Gasteiger partial charge in [0.2, 0.25) is 0 Å². The minimum atomic E-state index is -0.826. The van der Waals surface area contributed by atoms with Crippen LogP contribution in [-0.2, 0) is 26.3 Å². The molecule has 0 fully saturated rings. The molecule has 0 saturated heterocycles. The molecule has 0 amide bonds. The minimum absolute atomic E-state index is 0.187. The summed E-state index contributed by atoms with van der Waals surface area (Å²) in [7, 11) is 10.7. The molecule has 0 nitrogen and oxygen atoms in total. The molecule has 1 aliphatic heterocycles. The van der Waals surface area contributed by atoms with Crippen LogP contribution >= 0.6 is 17.0 Å². The van der Waals surface area contributed by atoms with Crippen LogP contribution in [0.5, 0.6) is 0 Å². The zero-order valence-corrected chi connectivity index (χ0v) is 27.8. The summed E-state index contributed by atoms with van der Waals surface area (Å²) in [6.45, 7) is 13.4. The van der Waals surface area contributed by atoms with E-state index in [0.29, 0.717) is 0 Å². The van der Waals surface area contributed by atoms with Crippen LogP contribution < -0.4 is 10.4 Å². The fraction of sp³-hybridized carbons (Fsp3) is 0.206. The molecule has 0 atom stereocenters. The van der Waals surface area contributed by atoms with Gasteiger partial charge in [-0.2, -0.15) is 35.5 Å². The molecule has 0 N–H and O–H groups in total. The van der Waals surface area contributed by atoms with Gasteiger partial charge in [0.05, 0.1) is 9.52 Å². The normalized spacial score (nSPS) is 11.5. The first-order valence-electron chi connectivity index (χ1n) is 12.7. The van der Waals surface area contributed by atoms with Gasteiger partial charge in [0.25, 0.3) is 0 Å². The van der Waals surface area contributed by atoms with E-state index < -0.39 is 20.8 Å². The van der Waals surface area contributed by atoms with Gasteiger partial charge in [-0.05, 0) is 31.7 Å². The number of fused-ring (bicyclic) bond motifs is 4. The van der Waals surface area contributed by atoms with Crippen LogP contribution in [0.3, 0.4) is 0 Å². The third-order valence-electron chi connectivity index (χ3n) is 6.81. The van der Waals surface area contributed by atoms with Gasteiger partial charge < -0.3 is 0 Å². The second-order valence-electron chi connectivity index (χ2n) is 10.8. The Labute approximate surface area is 249 Å². The van der Waals surface area contributed by atoms with E-state index in [1.165, 1.54) is 65.7 Å². The fourth-order valence-electron chi connectivity index (χ4n) is 5.05. The number of hydrogen-bond acceptors (Lipinski definition) is 0. The zero-order valence-electron chi connectivity index (χ0n) is 22.8. The molecule has 0 bridgehead atoms. The van der Waals surface area contributed by atoms with Crippen molar-refractivity contribution in [2.75, 3.05) is 0 Å². The average Bonchev–Trinajstić information content (AvgIpc) is 3.46. The molecule has 0 aromatic heterocycles. The van der Waals surface area contributed by atoms with E-state index in [4.69, 9.17) is 17.0 Å². The summed E-state index contributed by atoms with van der Waals surface area (Å²) in [5.41, 5.74) is 11.1. The molecular formula is C34H32Cl2SiZr. The molecule has 1 heterocycles. The van der Waals surface area contributed by atoms with Crippen molar-refractivity contribution in [1.82, 2.24) is 0 Å². The summed E-state index contributed by atoms with van der Waals surface area (Å²) in [6, 6.07) is 34.3. The fourth-order valence-corrected chi connectivity index (χ4v) is 6.36. The molecular weight excluding hydrogens is 599 g/mol. The van der Waals surface area contributed by atoms with Crippen molar-refractivity contribution in [3.05, 3.63) is 113 Å². The zero-order chi connectivity index (χ0) is 27.4. The molecule has 4 heteroatoms. The third-order valence-corrected chi connectivity index (χ3v) is 8.18. The van der Waals surface area contributed by atoms with Crippen molar-refractivity contribution < 1.29 is 20.8 Å². The van der Waals surface area contributed by atoms with Crippen LogP contribution in [0.1, 0.15) is 43.0 Å². The van der Waals surface area contributed by atoms with Crippen LogP contribution in [0.4, 0.5) is 0 Å². The van der Waals surface area contributed by atoms with Crippen LogP contribution in [-0.4, -0.2) is 9.52 Å². The topological polar surface area (TPSA) is 0 Å². The Hall–Kier alpha value is -1.83. The van der Waals surface area contributed by atoms with Crippen molar-refractivity contribution in [2.24, 2.45) is 0 Å². The number of halogens is 2. The molecule has 5 aromatic rings.